The van der Waals surface area contributed by atoms with Crippen LogP contribution in [0.2, 0.25) is 0 Å². The first kappa shape index (κ1) is 14.3. The van der Waals surface area contributed by atoms with Crippen molar-refractivity contribution in [1.29, 1.82) is 0 Å². The predicted octanol–water partition coefficient (Wildman–Crippen LogP) is 3.13. The lowest BCUT2D eigenvalue weighted by molar-refractivity contribution is 0.529. The average Bonchev–Trinajstić information content (AvgIpc) is 2.86. The van der Waals surface area contributed by atoms with E-state index in [2.05, 4.69) is 42.0 Å². The Morgan fingerprint density at radius 3 is 3.00 bits per heavy atom. The monoisotopic (exact) mass is 261 g/mol. The van der Waals surface area contributed by atoms with Gasteiger partial charge in [0.1, 0.15) is 0 Å². The van der Waals surface area contributed by atoms with E-state index in [-0.39, 0.29) is 0 Å². The number of anilines is 1. The van der Waals surface area contributed by atoms with Crippen LogP contribution in [-0.2, 0) is 6.54 Å². The van der Waals surface area contributed by atoms with Crippen LogP contribution in [0.15, 0.2) is 12.3 Å². The molecule has 1 aromatic rings. The number of aryl methyl sites for hydroxylation is 1. The van der Waals surface area contributed by atoms with Crippen molar-refractivity contribution in [3.8, 4) is 0 Å². The molecule has 0 spiro atoms. The Bertz CT molecular complexity index is 403. The van der Waals surface area contributed by atoms with Gasteiger partial charge in [-0.2, -0.15) is 0 Å². The standard InChI is InChI=1S/C16H27N3/c1-4-6-14-7-8-19(12-14)16-9-13(3)18-11-15(16)10-17-5-2/h9,11,14,17H,4-8,10,12H2,1-3H3. The number of pyridine rings is 1. The van der Waals surface area contributed by atoms with E-state index in [4.69, 9.17) is 0 Å². The molecule has 19 heavy (non-hydrogen) atoms. The van der Waals surface area contributed by atoms with Gasteiger partial charge in [0.25, 0.3) is 0 Å². The van der Waals surface area contributed by atoms with E-state index in [1.807, 2.05) is 6.20 Å². The summed E-state index contributed by atoms with van der Waals surface area (Å²) in [6.07, 6.45) is 6.05. The fourth-order valence-corrected chi connectivity index (χ4v) is 2.96. The molecule has 1 N–H and O–H groups in total. The van der Waals surface area contributed by atoms with Gasteiger partial charge in [0.15, 0.2) is 0 Å². The third-order valence-corrected chi connectivity index (χ3v) is 3.99. The van der Waals surface area contributed by atoms with Crippen LogP contribution in [0.1, 0.15) is 44.4 Å². The van der Waals surface area contributed by atoms with Crippen LogP contribution in [0.25, 0.3) is 0 Å². The highest BCUT2D eigenvalue weighted by atomic mass is 15.2. The summed E-state index contributed by atoms with van der Waals surface area (Å²) in [4.78, 5) is 7.01. The third-order valence-electron chi connectivity index (χ3n) is 3.99. The second-order valence-corrected chi connectivity index (χ2v) is 5.62. The maximum absolute atomic E-state index is 4.45. The van der Waals surface area contributed by atoms with Gasteiger partial charge in [0, 0.05) is 42.8 Å². The number of rotatable bonds is 6. The van der Waals surface area contributed by atoms with Gasteiger partial charge in [-0.15, -0.1) is 0 Å². The van der Waals surface area contributed by atoms with Gasteiger partial charge in [-0.05, 0) is 38.3 Å². The Morgan fingerprint density at radius 2 is 2.26 bits per heavy atom. The molecule has 106 valence electrons. The first-order chi connectivity index (χ1) is 9.24. The Morgan fingerprint density at radius 1 is 1.42 bits per heavy atom. The minimum atomic E-state index is 0.880. The Balaban J connectivity index is 2.11. The van der Waals surface area contributed by atoms with Crippen LogP contribution in [0, 0.1) is 12.8 Å². The third kappa shape index (κ3) is 3.69. The summed E-state index contributed by atoms with van der Waals surface area (Å²) >= 11 is 0. The number of hydrogen-bond donors (Lipinski definition) is 1. The van der Waals surface area contributed by atoms with Crippen LogP contribution in [0.3, 0.4) is 0 Å². The van der Waals surface area contributed by atoms with E-state index >= 15 is 0 Å². The molecular formula is C16H27N3. The minimum Gasteiger partial charge on any atom is -0.371 e. The molecule has 3 nitrogen and oxygen atoms in total. The molecule has 1 aliphatic heterocycles. The zero-order valence-corrected chi connectivity index (χ0v) is 12.6. The molecule has 1 fully saturated rings. The van der Waals surface area contributed by atoms with Crippen molar-refractivity contribution < 1.29 is 0 Å². The zero-order chi connectivity index (χ0) is 13.7. The molecular weight excluding hydrogens is 234 g/mol. The summed E-state index contributed by atoms with van der Waals surface area (Å²) in [7, 11) is 0. The van der Waals surface area contributed by atoms with Crippen LogP contribution in [0.5, 0.6) is 0 Å². The van der Waals surface area contributed by atoms with Crippen LogP contribution < -0.4 is 10.2 Å². The first-order valence-electron chi connectivity index (χ1n) is 7.65. The molecule has 1 atom stereocenters. The van der Waals surface area contributed by atoms with E-state index < -0.39 is 0 Å². The molecule has 0 saturated carbocycles. The van der Waals surface area contributed by atoms with E-state index in [1.165, 1.54) is 43.6 Å². The first-order valence-corrected chi connectivity index (χ1v) is 7.65. The van der Waals surface area contributed by atoms with E-state index in [0.717, 1.165) is 24.7 Å². The molecule has 2 heterocycles. The normalized spacial score (nSPS) is 19.1. The van der Waals surface area contributed by atoms with Gasteiger partial charge in [-0.3, -0.25) is 4.98 Å². The number of nitrogens with zero attached hydrogens (tertiary/aromatic N) is 2. The Hall–Kier alpha value is -1.09. The zero-order valence-electron chi connectivity index (χ0n) is 12.6. The predicted molar refractivity (Wildman–Crippen MR) is 81.6 cm³/mol. The molecule has 3 heteroatoms. The largest absolute Gasteiger partial charge is 0.371 e. The summed E-state index contributed by atoms with van der Waals surface area (Å²) in [5, 5.41) is 3.42. The molecule has 0 aromatic carbocycles. The lowest BCUT2D eigenvalue weighted by Crippen LogP contribution is -2.23. The van der Waals surface area contributed by atoms with Crippen LogP contribution in [-0.4, -0.2) is 24.6 Å². The fourth-order valence-electron chi connectivity index (χ4n) is 2.96. The Labute approximate surface area is 117 Å². The van der Waals surface area contributed by atoms with Crippen molar-refractivity contribution >= 4 is 5.69 Å². The second-order valence-electron chi connectivity index (χ2n) is 5.62. The second kappa shape index (κ2) is 6.90. The molecule has 1 aliphatic rings. The fraction of sp³-hybridized carbons (Fsp3) is 0.688. The number of nitrogens with one attached hydrogen (secondary N) is 1. The number of hydrogen-bond acceptors (Lipinski definition) is 3. The average molecular weight is 261 g/mol. The van der Waals surface area contributed by atoms with Crippen molar-refractivity contribution in [3.63, 3.8) is 0 Å². The van der Waals surface area contributed by atoms with Crippen molar-refractivity contribution in [1.82, 2.24) is 10.3 Å². The SMILES string of the molecule is CCCC1CCN(c2cc(C)ncc2CNCC)C1. The van der Waals surface area contributed by atoms with Gasteiger partial charge in [0.05, 0.1) is 0 Å². The highest BCUT2D eigenvalue weighted by Crippen LogP contribution is 2.29. The van der Waals surface area contributed by atoms with Crippen LogP contribution >= 0.6 is 0 Å². The van der Waals surface area contributed by atoms with Gasteiger partial charge in [-0.25, -0.2) is 0 Å². The topological polar surface area (TPSA) is 28.2 Å². The Kier molecular flexibility index (Phi) is 5.20. The van der Waals surface area contributed by atoms with Crippen molar-refractivity contribution in [3.05, 3.63) is 23.5 Å². The quantitative estimate of drug-likeness (QED) is 0.853. The van der Waals surface area contributed by atoms with E-state index in [0.29, 0.717) is 0 Å². The van der Waals surface area contributed by atoms with Crippen molar-refractivity contribution in [2.24, 2.45) is 5.92 Å². The minimum absolute atomic E-state index is 0.880. The molecule has 0 bridgehead atoms. The van der Waals surface area contributed by atoms with Gasteiger partial charge < -0.3 is 10.2 Å². The molecule has 2 rings (SSSR count). The summed E-state index contributed by atoms with van der Waals surface area (Å²) in [6.45, 7) is 10.9. The maximum Gasteiger partial charge on any atom is 0.0445 e. The molecule has 1 unspecified atom stereocenters. The van der Waals surface area contributed by atoms with Crippen molar-refractivity contribution in [2.75, 3.05) is 24.5 Å². The summed E-state index contributed by atoms with van der Waals surface area (Å²) < 4.78 is 0. The summed E-state index contributed by atoms with van der Waals surface area (Å²) in [6, 6.07) is 2.25. The molecule has 0 aliphatic carbocycles. The van der Waals surface area contributed by atoms with E-state index in [1.54, 1.807) is 0 Å². The van der Waals surface area contributed by atoms with E-state index in [9.17, 15) is 0 Å². The van der Waals surface area contributed by atoms with Gasteiger partial charge >= 0.3 is 0 Å². The van der Waals surface area contributed by atoms with Gasteiger partial charge in [0.2, 0.25) is 0 Å². The summed E-state index contributed by atoms with van der Waals surface area (Å²) in [5.41, 5.74) is 3.85. The van der Waals surface area contributed by atoms with Gasteiger partial charge in [-0.1, -0.05) is 20.3 Å². The summed E-state index contributed by atoms with van der Waals surface area (Å²) in [5.74, 6) is 0.880. The lowest BCUT2D eigenvalue weighted by atomic mass is 10.0. The lowest BCUT2D eigenvalue weighted by Gasteiger charge is -2.22. The molecule has 1 saturated heterocycles. The number of aromatic nitrogens is 1. The molecule has 0 radical (unpaired) electrons. The van der Waals surface area contributed by atoms with Crippen LogP contribution in [0.4, 0.5) is 5.69 Å². The smallest absolute Gasteiger partial charge is 0.0445 e. The molecule has 1 aromatic heterocycles. The molecule has 0 amide bonds. The highest BCUT2D eigenvalue weighted by Gasteiger charge is 2.23. The maximum atomic E-state index is 4.45. The van der Waals surface area contributed by atoms with Crippen molar-refractivity contribution in [2.45, 2.75) is 46.6 Å². The highest BCUT2D eigenvalue weighted by molar-refractivity contribution is 5.54.